The quantitative estimate of drug-likeness (QED) is 0.479. The fraction of sp³-hybridized carbons (Fsp3) is 0.364. The molecular formula is C22H19ClF5N5O2. The molecule has 35 heavy (non-hydrogen) atoms. The average Bonchev–Trinajstić information content (AvgIpc) is 3.34. The lowest BCUT2D eigenvalue weighted by atomic mass is 9.75. The van der Waals surface area contributed by atoms with Crippen molar-refractivity contribution in [3.8, 4) is 5.69 Å². The summed E-state index contributed by atoms with van der Waals surface area (Å²) in [5.41, 5.74) is -3.48. The maximum absolute atomic E-state index is 13.8. The molecule has 0 saturated heterocycles. The van der Waals surface area contributed by atoms with Crippen LogP contribution in [0, 0.1) is 0 Å². The van der Waals surface area contributed by atoms with Gasteiger partial charge in [0, 0.05) is 24.1 Å². The van der Waals surface area contributed by atoms with E-state index in [4.69, 9.17) is 11.6 Å². The lowest BCUT2D eigenvalue weighted by Crippen LogP contribution is -2.50. The summed E-state index contributed by atoms with van der Waals surface area (Å²) in [6.45, 7) is 0. The van der Waals surface area contributed by atoms with Crippen LogP contribution in [0.4, 0.5) is 22.0 Å². The fourth-order valence-corrected chi connectivity index (χ4v) is 4.27. The van der Waals surface area contributed by atoms with Gasteiger partial charge in [-0.2, -0.15) is 23.4 Å². The van der Waals surface area contributed by atoms with E-state index in [-0.39, 0.29) is 29.1 Å². The molecule has 2 aromatic heterocycles. The Morgan fingerprint density at radius 1 is 1.11 bits per heavy atom. The predicted molar refractivity (Wildman–Crippen MR) is 114 cm³/mol. The van der Waals surface area contributed by atoms with E-state index in [1.54, 1.807) is 12.1 Å². The molecule has 4 rings (SSSR count). The number of carbonyl (C=O) groups excluding carboxylic acids is 1. The third-order valence-corrected chi connectivity index (χ3v) is 6.26. The first kappa shape index (κ1) is 25.0. The number of amides is 1. The first-order valence-electron chi connectivity index (χ1n) is 10.5. The van der Waals surface area contributed by atoms with Crippen LogP contribution in [0.3, 0.4) is 0 Å². The van der Waals surface area contributed by atoms with Crippen LogP contribution < -0.4 is 5.32 Å². The molecule has 0 aliphatic heterocycles. The van der Waals surface area contributed by atoms with Crippen molar-refractivity contribution >= 4 is 17.5 Å². The van der Waals surface area contributed by atoms with Gasteiger partial charge in [0.05, 0.1) is 29.6 Å². The van der Waals surface area contributed by atoms with Crippen LogP contribution >= 0.6 is 11.6 Å². The van der Waals surface area contributed by atoms with E-state index < -0.39 is 53.7 Å². The van der Waals surface area contributed by atoms with Crippen molar-refractivity contribution in [2.45, 2.75) is 49.4 Å². The highest BCUT2D eigenvalue weighted by molar-refractivity contribution is 6.31. The first-order chi connectivity index (χ1) is 16.4. The summed E-state index contributed by atoms with van der Waals surface area (Å²) in [6.07, 6.45) is -3.75. The van der Waals surface area contributed by atoms with Gasteiger partial charge in [-0.25, -0.2) is 13.8 Å². The molecule has 3 aromatic rings. The van der Waals surface area contributed by atoms with Crippen molar-refractivity contribution in [3.63, 3.8) is 0 Å². The van der Waals surface area contributed by atoms with Crippen LogP contribution in [0.1, 0.15) is 53.3 Å². The highest BCUT2D eigenvalue weighted by atomic mass is 35.5. The van der Waals surface area contributed by atoms with E-state index in [0.717, 1.165) is 4.80 Å². The van der Waals surface area contributed by atoms with Gasteiger partial charge in [0.2, 0.25) is 5.92 Å². The molecule has 0 radical (unpaired) electrons. The summed E-state index contributed by atoms with van der Waals surface area (Å²) in [5.74, 6) is -3.93. The number of hydrogen-bond donors (Lipinski definition) is 2. The van der Waals surface area contributed by atoms with E-state index in [1.807, 2.05) is 0 Å². The van der Waals surface area contributed by atoms with Crippen LogP contribution in [0.2, 0.25) is 5.02 Å². The van der Waals surface area contributed by atoms with Crippen molar-refractivity contribution in [2.24, 2.45) is 0 Å². The summed E-state index contributed by atoms with van der Waals surface area (Å²) >= 11 is 6.29. The molecule has 1 saturated carbocycles. The Hall–Kier alpha value is -3.12. The number of hydrogen-bond acceptors (Lipinski definition) is 5. The van der Waals surface area contributed by atoms with Gasteiger partial charge < -0.3 is 10.4 Å². The number of halogens is 6. The van der Waals surface area contributed by atoms with Crippen LogP contribution in [0.25, 0.3) is 5.69 Å². The van der Waals surface area contributed by atoms with Crippen molar-refractivity contribution in [2.75, 3.05) is 0 Å². The van der Waals surface area contributed by atoms with E-state index in [9.17, 15) is 31.9 Å². The Kier molecular flexibility index (Phi) is 6.54. The maximum Gasteiger partial charge on any atom is 0.417 e. The second-order valence-corrected chi connectivity index (χ2v) is 8.70. The summed E-state index contributed by atoms with van der Waals surface area (Å²) in [4.78, 5) is 17.8. The number of nitrogens with one attached hydrogen (secondary N) is 1. The molecule has 1 unspecified atom stereocenters. The zero-order valence-electron chi connectivity index (χ0n) is 17.9. The third kappa shape index (κ3) is 5.27. The SMILES string of the molecule is O=C(NC(c1ccccc1Cl)C1(O)CCC(F)(F)CC1)c1ncc(C(F)(F)F)cc1-n1nccn1. The third-order valence-electron chi connectivity index (χ3n) is 5.92. The second kappa shape index (κ2) is 9.15. The van der Waals surface area contributed by atoms with Gasteiger partial charge in [-0.3, -0.25) is 4.79 Å². The number of aliphatic hydroxyl groups is 1. The lowest BCUT2D eigenvalue weighted by molar-refractivity contribution is -0.137. The van der Waals surface area contributed by atoms with Crippen molar-refractivity contribution in [1.82, 2.24) is 25.3 Å². The standard InChI is InChI=1S/C22H19ClF5N5O2/c23-15-4-2-1-3-14(15)18(20(35)5-7-21(24,25)8-6-20)32-19(34)17-16(33-30-9-10-31-33)11-13(12-29-17)22(26,27)28/h1-4,9-12,18,35H,5-8H2,(H,32,34). The molecule has 1 amide bonds. The zero-order chi connectivity index (χ0) is 25.4. The molecule has 1 atom stereocenters. The number of aromatic nitrogens is 4. The number of rotatable bonds is 5. The molecule has 0 bridgehead atoms. The molecule has 1 fully saturated rings. The Labute approximate surface area is 200 Å². The van der Waals surface area contributed by atoms with Crippen molar-refractivity contribution in [1.29, 1.82) is 0 Å². The Balaban J connectivity index is 1.74. The van der Waals surface area contributed by atoms with Gasteiger partial charge in [0.15, 0.2) is 5.69 Å². The number of carbonyl (C=O) groups is 1. The van der Waals surface area contributed by atoms with Gasteiger partial charge in [-0.15, -0.1) is 4.80 Å². The monoisotopic (exact) mass is 515 g/mol. The molecule has 7 nitrogen and oxygen atoms in total. The number of pyridine rings is 1. The number of alkyl halides is 5. The highest BCUT2D eigenvalue weighted by Crippen LogP contribution is 2.45. The highest BCUT2D eigenvalue weighted by Gasteiger charge is 2.48. The number of nitrogens with zero attached hydrogens (tertiary/aromatic N) is 4. The molecule has 2 heterocycles. The molecule has 186 valence electrons. The van der Waals surface area contributed by atoms with E-state index in [0.29, 0.717) is 12.3 Å². The maximum atomic E-state index is 13.8. The van der Waals surface area contributed by atoms with Crippen LogP contribution in [0.15, 0.2) is 48.9 Å². The van der Waals surface area contributed by atoms with Crippen LogP contribution in [0.5, 0.6) is 0 Å². The summed E-state index contributed by atoms with van der Waals surface area (Å²) in [7, 11) is 0. The lowest BCUT2D eigenvalue weighted by Gasteiger charge is -2.42. The largest absolute Gasteiger partial charge is 0.417 e. The van der Waals surface area contributed by atoms with Crippen molar-refractivity contribution in [3.05, 3.63) is 70.8 Å². The average molecular weight is 516 g/mol. The zero-order valence-corrected chi connectivity index (χ0v) is 18.7. The van der Waals surface area contributed by atoms with Gasteiger partial charge in [-0.05, 0) is 30.5 Å². The van der Waals surface area contributed by atoms with Gasteiger partial charge in [0.1, 0.15) is 5.69 Å². The summed E-state index contributed by atoms with van der Waals surface area (Å²) < 4.78 is 67.5. The summed E-state index contributed by atoms with van der Waals surface area (Å²) in [6, 6.07) is 5.66. The van der Waals surface area contributed by atoms with Crippen molar-refractivity contribution < 1.29 is 31.9 Å². The second-order valence-electron chi connectivity index (χ2n) is 8.30. The Morgan fingerprint density at radius 2 is 1.74 bits per heavy atom. The minimum Gasteiger partial charge on any atom is -0.387 e. The molecule has 1 aliphatic carbocycles. The topological polar surface area (TPSA) is 92.9 Å². The molecule has 1 aromatic carbocycles. The Morgan fingerprint density at radius 3 is 2.34 bits per heavy atom. The minimum absolute atomic E-state index is 0.165. The van der Waals surface area contributed by atoms with Crippen LogP contribution in [-0.4, -0.2) is 42.5 Å². The molecular weight excluding hydrogens is 497 g/mol. The Bertz CT molecular complexity index is 1210. The van der Waals surface area contributed by atoms with E-state index in [2.05, 4.69) is 20.5 Å². The smallest absolute Gasteiger partial charge is 0.387 e. The number of benzene rings is 1. The fourth-order valence-electron chi connectivity index (χ4n) is 4.02. The van der Waals surface area contributed by atoms with Gasteiger partial charge >= 0.3 is 6.18 Å². The molecule has 0 spiro atoms. The first-order valence-corrected chi connectivity index (χ1v) is 10.9. The van der Waals surface area contributed by atoms with Crippen LogP contribution in [-0.2, 0) is 6.18 Å². The van der Waals surface area contributed by atoms with E-state index in [1.165, 1.54) is 24.5 Å². The predicted octanol–water partition coefficient (Wildman–Crippen LogP) is 4.75. The minimum atomic E-state index is -4.74. The van der Waals surface area contributed by atoms with Gasteiger partial charge in [0.25, 0.3) is 5.91 Å². The molecule has 13 heteroatoms. The molecule has 1 aliphatic rings. The molecule has 2 N–H and O–H groups in total. The summed E-state index contributed by atoms with van der Waals surface area (Å²) in [5, 5.41) is 21.6. The van der Waals surface area contributed by atoms with Gasteiger partial charge in [-0.1, -0.05) is 29.8 Å². The normalized spacial score (nSPS) is 18.1. The van der Waals surface area contributed by atoms with E-state index >= 15 is 0 Å².